The number of benzene rings is 1. The lowest BCUT2D eigenvalue weighted by atomic mass is 10.2. The first-order valence-corrected chi connectivity index (χ1v) is 5.60. The molecule has 0 aliphatic carbocycles. The van der Waals surface area contributed by atoms with Gasteiger partial charge in [0.15, 0.2) is 0 Å². The number of carbonyl (C=O) groups excluding carboxylic acids is 1. The fraction of sp³-hybridized carbons (Fsp3) is 0.333. The molecular weight excluding hydrogens is 202 g/mol. The van der Waals surface area contributed by atoms with Crippen LogP contribution in [0.5, 0.6) is 0 Å². The van der Waals surface area contributed by atoms with Crippen molar-refractivity contribution in [3.63, 3.8) is 0 Å². The minimum atomic E-state index is 0.0660. The van der Waals surface area contributed by atoms with Gasteiger partial charge in [0, 0.05) is 13.0 Å². The van der Waals surface area contributed by atoms with E-state index in [0.29, 0.717) is 12.4 Å². The maximum atomic E-state index is 11.5. The van der Waals surface area contributed by atoms with Gasteiger partial charge in [0.1, 0.15) is 0 Å². The van der Waals surface area contributed by atoms with Crippen molar-refractivity contribution >= 4 is 22.9 Å². The second-order valence-electron chi connectivity index (χ2n) is 4.08. The smallest absolute Gasteiger partial charge is 0.226 e. The monoisotopic (exact) mass is 215 g/mol. The number of para-hydroxylation sites is 2. The molecule has 4 heteroatoms. The second-order valence-corrected chi connectivity index (χ2v) is 4.08. The van der Waals surface area contributed by atoms with E-state index in [0.717, 1.165) is 30.4 Å². The van der Waals surface area contributed by atoms with Crippen LogP contribution >= 0.6 is 0 Å². The van der Waals surface area contributed by atoms with Gasteiger partial charge in [-0.2, -0.15) is 0 Å². The second kappa shape index (κ2) is 3.63. The highest BCUT2D eigenvalue weighted by molar-refractivity contribution is 5.91. The zero-order chi connectivity index (χ0) is 11.0. The number of carbonyl (C=O) groups is 1. The zero-order valence-electron chi connectivity index (χ0n) is 8.94. The van der Waals surface area contributed by atoms with E-state index >= 15 is 0 Å². The first kappa shape index (κ1) is 9.39. The Hall–Kier alpha value is -1.84. The topological polar surface area (TPSA) is 46.9 Å². The fourth-order valence-electron chi connectivity index (χ4n) is 2.14. The first-order valence-electron chi connectivity index (χ1n) is 5.60. The Morgan fingerprint density at radius 3 is 3.06 bits per heavy atom. The van der Waals surface area contributed by atoms with Gasteiger partial charge in [-0.3, -0.25) is 10.1 Å². The summed E-state index contributed by atoms with van der Waals surface area (Å²) >= 11 is 0. The maximum Gasteiger partial charge on any atom is 0.226 e. The molecule has 2 heterocycles. The molecule has 0 atom stereocenters. The van der Waals surface area contributed by atoms with Gasteiger partial charge in [0.25, 0.3) is 0 Å². The van der Waals surface area contributed by atoms with Gasteiger partial charge >= 0.3 is 0 Å². The van der Waals surface area contributed by atoms with Gasteiger partial charge in [0.05, 0.1) is 11.0 Å². The number of hydrogen-bond donors (Lipinski definition) is 1. The van der Waals surface area contributed by atoms with Crippen molar-refractivity contribution in [1.82, 2.24) is 9.55 Å². The van der Waals surface area contributed by atoms with Gasteiger partial charge in [-0.25, -0.2) is 4.98 Å². The lowest BCUT2D eigenvalue weighted by Crippen LogP contribution is -2.18. The van der Waals surface area contributed by atoms with Gasteiger partial charge in [-0.05, 0) is 25.0 Å². The number of nitrogens with zero attached hydrogens (tertiary/aromatic N) is 2. The van der Waals surface area contributed by atoms with E-state index in [1.54, 1.807) is 0 Å². The number of hydrogen-bond acceptors (Lipinski definition) is 2. The normalized spacial score (nSPS) is 16.4. The molecule has 0 fully saturated rings. The summed E-state index contributed by atoms with van der Waals surface area (Å²) < 4.78 is 2.09. The summed E-state index contributed by atoms with van der Waals surface area (Å²) in [5, 5.41) is 2.86. The van der Waals surface area contributed by atoms with Gasteiger partial charge in [0.2, 0.25) is 11.9 Å². The van der Waals surface area contributed by atoms with Gasteiger partial charge in [-0.1, -0.05) is 12.1 Å². The third-order valence-electron chi connectivity index (χ3n) is 2.94. The predicted octanol–water partition coefficient (Wildman–Crippen LogP) is 2.16. The van der Waals surface area contributed by atoms with Crippen LogP contribution in [0.1, 0.15) is 19.3 Å². The molecule has 0 saturated heterocycles. The molecular formula is C12H13N3O. The van der Waals surface area contributed by atoms with Gasteiger partial charge < -0.3 is 4.57 Å². The SMILES string of the molecule is O=C1CCCCn2c(nc3ccccc32)N1. The number of nitrogens with one attached hydrogen (secondary N) is 1. The van der Waals surface area contributed by atoms with Crippen LogP contribution in [0.2, 0.25) is 0 Å². The molecule has 0 saturated carbocycles. The van der Waals surface area contributed by atoms with E-state index in [4.69, 9.17) is 0 Å². The summed E-state index contributed by atoms with van der Waals surface area (Å²) in [5.74, 6) is 0.752. The Morgan fingerprint density at radius 2 is 2.12 bits per heavy atom. The molecule has 2 aromatic rings. The molecule has 3 rings (SSSR count). The third kappa shape index (κ3) is 1.46. The van der Waals surface area contributed by atoms with Crippen LogP contribution in [0.4, 0.5) is 5.95 Å². The lowest BCUT2D eigenvalue weighted by molar-refractivity contribution is -0.116. The predicted molar refractivity (Wildman–Crippen MR) is 62.2 cm³/mol. The zero-order valence-corrected chi connectivity index (χ0v) is 8.94. The Bertz CT molecular complexity index is 544. The molecule has 0 bridgehead atoms. The van der Waals surface area contributed by atoms with E-state index in [1.807, 2.05) is 24.3 Å². The van der Waals surface area contributed by atoms with Crippen LogP contribution in [0.3, 0.4) is 0 Å². The van der Waals surface area contributed by atoms with Gasteiger partial charge in [-0.15, -0.1) is 0 Å². The number of amides is 1. The fourth-order valence-corrected chi connectivity index (χ4v) is 2.14. The van der Waals surface area contributed by atoms with Crippen LogP contribution in [0.15, 0.2) is 24.3 Å². The number of aryl methyl sites for hydroxylation is 1. The number of imidazole rings is 1. The Balaban J connectivity index is 2.17. The summed E-state index contributed by atoms with van der Waals surface area (Å²) in [6.45, 7) is 0.927. The molecule has 1 aromatic heterocycles. The lowest BCUT2D eigenvalue weighted by Gasteiger charge is -2.13. The largest absolute Gasteiger partial charge is 0.310 e. The van der Waals surface area contributed by atoms with E-state index in [-0.39, 0.29) is 5.91 Å². The molecule has 82 valence electrons. The van der Waals surface area contributed by atoms with Crippen molar-refractivity contribution < 1.29 is 4.79 Å². The Kier molecular flexibility index (Phi) is 2.13. The number of anilines is 1. The quantitative estimate of drug-likeness (QED) is 0.732. The molecule has 0 spiro atoms. The van der Waals surface area contributed by atoms with Crippen molar-refractivity contribution in [1.29, 1.82) is 0 Å². The standard InChI is InChI=1S/C12H13N3O/c16-11-7-3-4-8-15-10-6-2-1-5-9(10)13-12(15)14-11/h1-2,5-6H,3-4,7-8H2,(H,13,14,16). The summed E-state index contributed by atoms with van der Waals surface area (Å²) in [5.41, 5.74) is 2.04. The molecule has 1 amide bonds. The highest BCUT2D eigenvalue weighted by Gasteiger charge is 2.15. The van der Waals surface area contributed by atoms with Crippen molar-refractivity contribution in [2.24, 2.45) is 0 Å². The molecule has 0 radical (unpaired) electrons. The van der Waals surface area contributed by atoms with E-state index in [9.17, 15) is 4.79 Å². The van der Waals surface area contributed by atoms with E-state index in [2.05, 4.69) is 14.9 Å². The van der Waals surface area contributed by atoms with E-state index < -0.39 is 0 Å². The summed E-state index contributed by atoms with van der Waals surface area (Å²) in [4.78, 5) is 15.9. The summed E-state index contributed by atoms with van der Waals surface area (Å²) in [6.07, 6.45) is 2.57. The van der Waals surface area contributed by atoms with Crippen LogP contribution in [-0.4, -0.2) is 15.5 Å². The Morgan fingerprint density at radius 1 is 1.25 bits per heavy atom. The molecule has 0 unspecified atom stereocenters. The Labute approximate surface area is 93.3 Å². The molecule has 1 aliphatic rings. The molecule has 1 N–H and O–H groups in total. The van der Waals surface area contributed by atoms with Crippen LogP contribution in [0.25, 0.3) is 11.0 Å². The van der Waals surface area contributed by atoms with Crippen molar-refractivity contribution in [3.05, 3.63) is 24.3 Å². The van der Waals surface area contributed by atoms with Crippen molar-refractivity contribution in [2.45, 2.75) is 25.8 Å². The number of rotatable bonds is 0. The summed E-state index contributed by atoms with van der Waals surface area (Å²) in [7, 11) is 0. The molecule has 1 aromatic carbocycles. The molecule has 16 heavy (non-hydrogen) atoms. The van der Waals surface area contributed by atoms with Crippen LogP contribution in [-0.2, 0) is 11.3 Å². The highest BCUT2D eigenvalue weighted by atomic mass is 16.1. The number of fused-ring (bicyclic) bond motifs is 3. The maximum absolute atomic E-state index is 11.5. The average molecular weight is 215 g/mol. The highest BCUT2D eigenvalue weighted by Crippen LogP contribution is 2.22. The molecule has 4 nitrogen and oxygen atoms in total. The minimum Gasteiger partial charge on any atom is -0.310 e. The number of aromatic nitrogens is 2. The van der Waals surface area contributed by atoms with Crippen molar-refractivity contribution in [3.8, 4) is 0 Å². The average Bonchev–Trinajstić information content (AvgIpc) is 2.59. The van der Waals surface area contributed by atoms with E-state index in [1.165, 1.54) is 0 Å². The summed E-state index contributed by atoms with van der Waals surface area (Å²) in [6, 6.07) is 7.97. The van der Waals surface area contributed by atoms with Crippen LogP contribution in [0, 0.1) is 0 Å². The minimum absolute atomic E-state index is 0.0660. The first-order chi connectivity index (χ1) is 7.84. The third-order valence-corrected chi connectivity index (χ3v) is 2.94. The van der Waals surface area contributed by atoms with Crippen molar-refractivity contribution in [2.75, 3.05) is 5.32 Å². The van der Waals surface area contributed by atoms with Crippen LogP contribution < -0.4 is 5.32 Å². The molecule has 1 aliphatic heterocycles.